The van der Waals surface area contributed by atoms with Crippen molar-refractivity contribution in [1.29, 1.82) is 0 Å². The number of hydrogen-bond donors (Lipinski definition) is 1. The molecule has 0 bridgehead atoms. The fraction of sp³-hybridized carbons (Fsp3) is 0.290. The van der Waals surface area contributed by atoms with E-state index in [1.54, 1.807) is 42.5 Å². The molecule has 212 valence electrons. The number of hydrogen-bond acceptors (Lipinski definition) is 6. The van der Waals surface area contributed by atoms with Gasteiger partial charge in [0.2, 0.25) is 0 Å². The fourth-order valence-electron chi connectivity index (χ4n) is 5.46. The maximum absolute atomic E-state index is 14.2. The van der Waals surface area contributed by atoms with Crippen LogP contribution in [0.2, 0.25) is 15.1 Å². The van der Waals surface area contributed by atoms with E-state index in [-0.39, 0.29) is 18.1 Å². The first kappa shape index (κ1) is 28.4. The molecule has 1 N–H and O–H groups in total. The Bertz CT molecular complexity index is 1630. The van der Waals surface area contributed by atoms with Gasteiger partial charge < -0.3 is 14.6 Å². The Labute approximate surface area is 255 Å². The molecule has 10 heteroatoms. The van der Waals surface area contributed by atoms with Gasteiger partial charge in [0.15, 0.2) is 0 Å². The van der Waals surface area contributed by atoms with Crippen molar-refractivity contribution in [2.75, 3.05) is 7.11 Å². The van der Waals surface area contributed by atoms with Gasteiger partial charge in [-0.2, -0.15) is 4.37 Å². The molecule has 0 unspecified atom stereocenters. The van der Waals surface area contributed by atoms with Crippen LogP contribution < -0.4 is 4.74 Å². The molecule has 0 spiro atoms. The van der Waals surface area contributed by atoms with Crippen LogP contribution in [0.4, 0.5) is 4.39 Å². The van der Waals surface area contributed by atoms with Crippen LogP contribution in [0.3, 0.4) is 0 Å². The van der Waals surface area contributed by atoms with Crippen molar-refractivity contribution in [3.8, 4) is 17.0 Å². The molecule has 0 saturated heterocycles. The third kappa shape index (κ3) is 5.58. The summed E-state index contributed by atoms with van der Waals surface area (Å²) in [7, 11) is 1.25. The first-order chi connectivity index (χ1) is 19.7. The van der Waals surface area contributed by atoms with Gasteiger partial charge in [0.05, 0.1) is 39.0 Å². The van der Waals surface area contributed by atoms with Gasteiger partial charge in [-0.15, -0.1) is 0 Å². The molecule has 5 nitrogen and oxygen atoms in total. The highest BCUT2D eigenvalue weighted by Crippen LogP contribution is 2.53. The maximum Gasteiger partial charge on any atom is 0.337 e. The van der Waals surface area contributed by atoms with Crippen molar-refractivity contribution < 1.29 is 23.8 Å². The molecular weight excluding hydrogens is 608 g/mol. The first-order valence-electron chi connectivity index (χ1n) is 13.1. The Morgan fingerprint density at radius 2 is 1.78 bits per heavy atom. The highest BCUT2D eigenvalue weighted by Gasteiger charge is 2.46. The normalized spacial score (nSPS) is 20.0. The number of carbonyl (C=O) groups excluding carboxylic acids is 1. The molecule has 0 atom stereocenters. The van der Waals surface area contributed by atoms with Crippen LogP contribution in [0.1, 0.15) is 69.4 Å². The predicted molar refractivity (Wildman–Crippen MR) is 159 cm³/mol. The highest BCUT2D eigenvalue weighted by atomic mass is 35.5. The summed E-state index contributed by atoms with van der Waals surface area (Å²) in [6.45, 7) is 0.267. The van der Waals surface area contributed by atoms with Gasteiger partial charge in [0.1, 0.15) is 18.2 Å². The van der Waals surface area contributed by atoms with E-state index in [9.17, 15) is 14.3 Å². The van der Waals surface area contributed by atoms with E-state index < -0.39 is 17.4 Å². The van der Waals surface area contributed by atoms with Gasteiger partial charge in [-0.25, -0.2) is 9.18 Å². The molecule has 1 heterocycles. The van der Waals surface area contributed by atoms with Gasteiger partial charge >= 0.3 is 5.97 Å². The zero-order chi connectivity index (χ0) is 28.9. The summed E-state index contributed by atoms with van der Waals surface area (Å²) < 4.78 is 29.8. The van der Waals surface area contributed by atoms with Crippen LogP contribution in [0.5, 0.6) is 5.75 Å². The van der Waals surface area contributed by atoms with Crippen LogP contribution in [-0.2, 0) is 16.9 Å². The van der Waals surface area contributed by atoms with Crippen LogP contribution >= 0.6 is 46.3 Å². The van der Waals surface area contributed by atoms with E-state index in [0.717, 1.165) is 30.2 Å². The number of aromatic nitrogens is 1. The van der Waals surface area contributed by atoms with Gasteiger partial charge in [-0.3, -0.25) is 0 Å². The predicted octanol–water partition coefficient (Wildman–Crippen LogP) is 8.92. The van der Waals surface area contributed by atoms with Crippen molar-refractivity contribution in [2.24, 2.45) is 0 Å². The molecule has 3 aromatic carbocycles. The average Bonchev–Trinajstić information content (AvgIpc) is 3.69. The molecule has 2 saturated carbocycles. The lowest BCUT2D eigenvalue weighted by atomic mass is 9.65. The third-order valence-electron chi connectivity index (χ3n) is 7.77. The molecule has 2 fully saturated rings. The molecule has 0 radical (unpaired) electrons. The number of benzene rings is 3. The van der Waals surface area contributed by atoms with Crippen molar-refractivity contribution in [3.63, 3.8) is 0 Å². The second-order valence-corrected chi connectivity index (χ2v) is 12.6. The van der Waals surface area contributed by atoms with Crippen molar-refractivity contribution in [2.45, 2.75) is 49.7 Å². The lowest BCUT2D eigenvalue weighted by molar-refractivity contribution is -0.0549. The van der Waals surface area contributed by atoms with E-state index in [1.807, 2.05) is 0 Å². The summed E-state index contributed by atoms with van der Waals surface area (Å²) in [5, 5.41) is 12.8. The molecule has 0 aliphatic heterocycles. The second kappa shape index (κ2) is 11.2. The zero-order valence-electron chi connectivity index (χ0n) is 21.9. The Balaban J connectivity index is 1.19. The molecular formula is C31H25Cl3FNO4S. The van der Waals surface area contributed by atoms with E-state index >= 15 is 0 Å². The summed E-state index contributed by atoms with van der Waals surface area (Å²) in [5.41, 5.74) is 2.57. The molecule has 6 rings (SSSR count). The average molecular weight is 633 g/mol. The largest absolute Gasteiger partial charge is 0.489 e. The molecule has 2 aliphatic carbocycles. The minimum Gasteiger partial charge on any atom is -0.489 e. The molecule has 41 heavy (non-hydrogen) atoms. The minimum absolute atomic E-state index is 0.131. The molecule has 0 amide bonds. The quantitative estimate of drug-likeness (QED) is 0.197. The second-order valence-electron chi connectivity index (χ2n) is 10.6. The number of aliphatic hydroxyl groups is 1. The summed E-state index contributed by atoms with van der Waals surface area (Å²) in [5.74, 6) is -0.245. The summed E-state index contributed by atoms with van der Waals surface area (Å²) in [6.07, 6.45) is 2.91. The Kier molecular flexibility index (Phi) is 7.76. The van der Waals surface area contributed by atoms with Crippen molar-refractivity contribution >= 4 is 52.3 Å². The summed E-state index contributed by atoms with van der Waals surface area (Å²) >= 11 is 21.1. The smallest absolute Gasteiger partial charge is 0.337 e. The Hall–Kier alpha value is -2.68. The molecule has 4 aromatic rings. The Morgan fingerprint density at radius 3 is 2.44 bits per heavy atom. The molecule has 2 aliphatic rings. The monoisotopic (exact) mass is 631 g/mol. The number of halogens is 4. The summed E-state index contributed by atoms with van der Waals surface area (Å²) in [4.78, 5) is 13.1. The number of esters is 1. The molecule has 1 aromatic heterocycles. The number of nitrogens with zero attached hydrogens (tertiary/aromatic N) is 1. The van der Waals surface area contributed by atoms with Crippen LogP contribution in [0.25, 0.3) is 11.3 Å². The van der Waals surface area contributed by atoms with Crippen molar-refractivity contribution in [1.82, 2.24) is 4.37 Å². The number of methoxy groups -OCH3 is 1. The van der Waals surface area contributed by atoms with Gasteiger partial charge in [0.25, 0.3) is 0 Å². The first-order valence-corrected chi connectivity index (χ1v) is 15.0. The van der Waals surface area contributed by atoms with Crippen LogP contribution in [-0.4, -0.2) is 22.6 Å². The zero-order valence-corrected chi connectivity index (χ0v) is 25.0. The lowest BCUT2D eigenvalue weighted by Crippen LogP contribution is -2.40. The third-order valence-corrected chi connectivity index (χ3v) is 9.77. The van der Waals surface area contributed by atoms with Gasteiger partial charge in [0, 0.05) is 21.6 Å². The Morgan fingerprint density at radius 1 is 1.05 bits per heavy atom. The standard InChI is InChI=1S/C31H25Cl3FNO4S/c1-39-30(37)18-9-17(10-20(35)11-18)19-13-31(38,14-19)23-8-7-21(12-26(23)34)40-15-22-28(36-41-29(22)16-5-6-16)27-24(32)3-2-4-25(27)33/h2-4,7-12,16,19,38H,5-6,13-15H2,1H3. The topological polar surface area (TPSA) is 68.7 Å². The summed E-state index contributed by atoms with van der Waals surface area (Å²) in [6, 6.07) is 14.8. The van der Waals surface area contributed by atoms with E-state index in [4.69, 9.17) is 48.7 Å². The number of ether oxygens (including phenoxy) is 2. The number of rotatable bonds is 8. The SMILES string of the molecule is COC(=O)c1cc(F)cc(C2CC(O)(c3ccc(OCc4c(-c5c(Cl)cccc5Cl)nsc4C4CC4)cc3Cl)C2)c1. The van der Waals surface area contributed by atoms with Crippen LogP contribution in [0, 0.1) is 5.82 Å². The number of carbonyl (C=O) groups is 1. The highest BCUT2D eigenvalue weighted by molar-refractivity contribution is 7.06. The van der Waals surface area contributed by atoms with Crippen molar-refractivity contribution in [3.05, 3.63) is 103 Å². The van der Waals surface area contributed by atoms with E-state index in [0.29, 0.717) is 56.3 Å². The van der Waals surface area contributed by atoms with Crippen LogP contribution in [0.15, 0.2) is 54.6 Å². The lowest BCUT2D eigenvalue weighted by Gasteiger charge is -2.44. The van der Waals surface area contributed by atoms with E-state index in [1.165, 1.54) is 29.6 Å². The minimum atomic E-state index is -1.18. The maximum atomic E-state index is 14.2. The van der Waals surface area contributed by atoms with E-state index in [2.05, 4.69) is 0 Å². The van der Waals surface area contributed by atoms with Gasteiger partial charge in [-0.05, 0) is 97.1 Å². The fourth-order valence-corrected chi connectivity index (χ4v) is 7.43. The van der Waals surface area contributed by atoms with Gasteiger partial charge in [-0.1, -0.05) is 46.9 Å².